The average molecular weight is 469 g/mol. The van der Waals surface area contributed by atoms with Crippen molar-refractivity contribution in [1.29, 1.82) is 0 Å². The van der Waals surface area contributed by atoms with Crippen molar-refractivity contribution in [2.24, 2.45) is 0 Å². The third kappa shape index (κ3) is 6.25. The molecule has 0 unspecified atom stereocenters. The van der Waals surface area contributed by atoms with E-state index in [2.05, 4.69) is 20.2 Å². The van der Waals surface area contributed by atoms with Gasteiger partial charge in [-0.3, -0.25) is 10.1 Å². The van der Waals surface area contributed by atoms with E-state index in [1.54, 1.807) is 0 Å². The molecule has 29 heavy (non-hydrogen) atoms. The molecular weight excluding hydrogens is 452 g/mol. The molecule has 1 amide bonds. The van der Waals surface area contributed by atoms with Crippen molar-refractivity contribution in [1.82, 2.24) is 14.9 Å². The molecule has 2 aromatic carbocycles. The van der Waals surface area contributed by atoms with Crippen LogP contribution in [0.5, 0.6) is 0 Å². The average Bonchev–Trinajstić information content (AvgIpc) is 3.14. The minimum absolute atomic E-state index is 0.0251. The van der Waals surface area contributed by atoms with Crippen molar-refractivity contribution in [3.63, 3.8) is 0 Å². The Morgan fingerprint density at radius 2 is 1.83 bits per heavy atom. The quantitative estimate of drug-likeness (QED) is 0.385. The Morgan fingerprint density at radius 3 is 2.52 bits per heavy atom. The van der Waals surface area contributed by atoms with Crippen LogP contribution >= 0.6 is 34.7 Å². The number of hydrogen-bond acceptors (Lipinski definition) is 7. The van der Waals surface area contributed by atoms with Crippen LogP contribution in [0.3, 0.4) is 0 Å². The van der Waals surface area contributed by atoms with Gasteiger partial charge in [0.2, 0.25) is 21.1 Å². The second-order valence-corrected chi connectivity index (χ2v) is 10.3. The first-order valence-electron chi connectivity index (χ1n) is 8.42. The van der Waals surface area contributed by atoms with Crippen LogP contribution in [0.4, 0.5) is 5.13 Å². The zero-order valence-electron chi connectivity index (χ0n) is 15.2. The third-order valence-electron chi connectivity index (χ3n) is 3.69. The van der Waals surface area contributed by atoms with Gasteiger partial charge >= 0.3 is 0 Å². The minimum atomic E-state index is -3.85. The van der Waals surface area contributed by atoms with Crippen molar-refractivity contribution in [3.8, 4) is 0 Å². The first kappa shape index (κ1) is 21.7. The molecule has 0 aliphatic carbocycles. The summed E-state index contributed by atoms with van der Waals surface area (Å²) in [5, 5.41) is 11.3. The number of halogens is 1. The maximum absolute atomic E-state index is 12.4. The van der Waals surface area contributed by atoms with Crippen LogP contribution in [-0.4, -0.2) is 30.6 Å². The summed E-state index contributed by atoms with van der Waals surface area (Å²) in [7, 11) is -3.85. The highest BCUT2D eigenvalue weighted by Gasteiger charge is 2.23. The molecule has 3 aromatic rings. The van der Waals surface area contributed by atoms with Gasteiger partial charge in [-0.1, -0.05) is 65.0 Å². The summed E-state index contributed by atoms with van der Waals surface area (Å²) in [5.41, 5.74) is 1.16. The molecular formula is C18H17ClN4O3S3. The molecule has 3 rings (SSSR count). The number of carbonyl (C=O) groups excluding carboxylic acids is 1. The van der Waals surface area contributed by atoms with Crippen molar-refractivity contribution < 1.29 is 13.2 Å². The largest absolute Gasteiger partial charge is 0.299 e. The number of nitrogens with one attached hydrogen (secondary N) is 2. The number of hydrogen-bond donors (Lipinski definition) is 2. The lowest BCUT2D eigenvalue weighted by Gasteiger charge is -2.13. The summed E-state index contributed by atoms with van der Waals surface area (Å²) in [6.07, 6.45) is 0. The zero-order chi connectivity index (χ0) is 20.9. The molecule has 7 nitrogen and oxygen atoms in total. The number of benzene rings is 2. The van der Waals surface area contributed by atoms with Crippen LogP contribution in [0.1, 0.15) is 12.5 Å². The first-order chi connectivity index (χ1) is 13.8. The van der Waals surface area contributed by atoms with E-state index in [1.807, 2.05) is 30.3 Å². The van der Waals surface area contributed by atoms with E-state index in [0.29, 0.717) is 14.5 Å². The molecule has 0 aliphatic rings. The molecule has 1 heterocycles. The SMILES string of the molecule is C[C@H](NS(=O)(=O)c1ccc(Cl)cc1)C(=O)Nc1nnc(SCc2ccccc2)s1. The molecule has 0 saturated carbocycles. The Hall–Kier alpha value is -1.98. The lowest BCUT2D eigenvalue weighted by molar-refractivity contribution is -0.117. The van der Waals surface area contributed by atoms with E-state index >= 15 is 0 Å². The van der Waals surface area contributed by atoms with Crippen molar-refractivity contribution in [3.05, 3.63) is 65.2 Å². The molecule has 11 heteroatoms. The third-order valence-corrected chi connectivity index (χ3v) is 7.54. The predicted molar refractivity (Wildman–Crippen MR) is 116 cm³/mol. The molecule has 152 valence electrons. The first-order valence-corrected chi connectivity index (χ1v) is 12.1. The highest BCUT2D eigenvalue weighted by molar-refractivity contribution is 8.00. The number of amides is 1. The molecule has 0 bridgehead atoms. The maximum Gasteiger partial charge on any atom is 0.244 e. The van der Waals surface area contributed by atoms with Crippen LogP contribution in [0, 0.1) is 0 Å². The lowest BCUT2D eigenvalue weighted by Crippen LogP contribution is -2.41. The van der Waals surface area contributed by atoms with E-state index in [4.69, 9.17) is 11.6 Å². The van der Waals surface area contributed by atoms with Gasteiger partial charge < -0.3 is 0 Å². The fourth-order valence-electron chi connectivity index (χ4n) is 2.22. The van der Waals surface area contributed by atoms with Gasteiger partial charge in [0.15, 0.2) is 4.34 Å². The van der Waals surface area contributed by atoms with E-state index in [-0.39, 0.29) is 4.90 Å². The van der Waals surface area contributed by atoms with Crippen LogP contribution in [0.2, 0.25) is 5.02 Å². The van der Waals surface area contributed by atoms with Gasteiger partial charge in [0, 0.05) is 10.8 Å². The monoisotopic (exact) mass is 468 g/mol. The summed E-state index contributed by atoms with van der Waals surface area (Å²) in [5.74, 6) is 0.207. The normalized spacial score (nSPS) is 12.5. The fraction of sp³-hybridized carbons (Fsp3) is 0.167. The molecule has 0 spiro atoms. The van der Waals surface area contributed by atoms with Crippen molar-refractivity contribution >= 4 is 55.8 Å². The maximum atomic E-state index is 12.4. The Labute approximate surface area is 182 Å². The Balaban J connectivity index is 1.55. The standard InChI is InChI=1S/C18H17ClN4O3S3/c1-12(23-29(25,26)15-9-7-14(19)8-10-15)16(24)20-17-21-22-18(28-17)27-11-13-5-3-2-4-6-13/h2-10,12,23H,11H2,1H3,(H,20,21,24)/t12-/m0/s1. The molecule has 0 radical (unpaired) electrons. The van der Waals surface area contributed by atoms with E-state index in [0.717, 1.165) is 11.3 Å². The zero-order valence-corrected chi connectivity index (χ0v) is 18.4. The van der Waals surface area contributed by atoms with Crippen LogP contribution in [0.15, 0.2) is 63.8 Å². The van der Waals surface area contributed by atoms with Crippen molar-refractivity contribution in [2.45, 2.75) is 28.0 Å². The van der Waals surface area contributed by atoms with Crippen LogP contribution in [-0.2, 0) is 20.6 Å². The molecule has 2 N–H and O–H groups in total. The topological polar surface area (TPSA) is 101 Å². The van der Waals surface area contributed by atoms with Gasteiger partial charge in [0.05, 0.1) is 10.9 Å². The van der Waals surface area contributed by atoms with E-state index in [9.17, 15) is 13.2 Å². The number of aromatic nitrogens is 2. The lowest BCUT2D eigenvalue weighted by atomic mass is 10.2. The smallest absolute Gasteiger partial charge is 0.244 e. The summed E-state index contributed by atoms with van der Waals surface area (Å²) >= 11 is 8.51. The molecule has 1 atom stereocenters. The number of carbonyl (C=O) groups is 1. The van der Waals surface area contributed by atoms with E-state index in [1.165, 1.54) is 54.3 Å². The second-order valence-electron chi connectivity index (χ2n) is 5.93. The molecule has 0 fully saturated rings. The van der Waals surface area contributed by atoms with Gasteiger partial charge in [0.25, 0.3) is 0 Å². The van der Waals surface area contributed by atoms with Crippen LogP contribution < -0.4 is 10.0 Å². The fourth-order valence-corrected chi connectivity index (χ4v) is 5.26. The van der Waals surface area contributed by atoms with Gasteiger partial charge in [-0.05, 0) is 36.8 Å². The van der Waals surface area contributed by atoms with Gasteiger partial charge in [-0.2, -0.15) is 4.72 Å². The van der Waals surface area contributed by atoms with Crippen LogP contribution in [0.25, 0.3) is 0 Å². The predicted octanol–water partition coefficient (Wildman–Crippen LogP) is 3.79. The number of rotatable bonds is 8. The number of sulfonamides is 1. The van der Waals surface area contributed by atoms with Gasteiger partial charge in [0.1, 0.15) is 0 Å². The van der Waals surface area contributed by atoms with E-state index < -0.39 is 22.0 Å². The van der Waals surface area contributed by atoms with Crippen molar-refractivity contribution in [2.75, 3.05) is 5.32 Å². The summed E-state index contributed by atoms with van der Waals surface area (Å²) in [6.45, 7) is 1.45. The molecule has 1 aromatic heterocycles. The second kappa shape index (κ2) is 9.68. The van der Waals surface area contributed by atoms with Gasteiger partial charge in [-0.15, -0.1) is 10.2 Å². The Bertz CT molecular complexity index is 1070. The Kier molecular flexibility index (Phi) is 7.25. The highest BCUT2D eigenvalue weighted by Crippen LogP contribution is 2.28. The summed E-state index contributed by atoms with van der Waals surface area (Å²) < 4.78 is 27.8. The number of anilines is 1. The summed E-state index contributed by atoms with van der Waals surface area (Å²) in [4.78, 5) is 12.4. The Morgan fingerprint density at radius 1 is 1.14 bits per heavy atom. The molecule has 0 saturated heterocycles. The number of nitrogens with zero attached hydrogens (tertiary/aromatic N) is 2. The minimum Gasteiger partial charge on any atom is -0.299 e. The highest BCUT2D eigenvalue weighted by atomic mass is 35.5. The number of thioether (sulfide) groups is 1. The van der Waals surface area contributed by atoms with Gasteiger partial charge in [-0.25, -0.2) is 8.42 Å². The summed E-state index contributed by atoms with van der Waals surface area (Å²) in [6, 6.07) is 14.6. The molecule has 0 aliphatic heterocycles.